The van der Waals surface area contributed by atoms with E-state index in [1.54, 1.807) is 20.8 Å². The van der Waals surface area contributed by atoms with Crippen LogP contribution in [0.3, 0.4) is 0 Å². The fourth-order valence-corrected chi connectivity index (χ4v) is 1.84. The molecule has 0 aliphatic rings. The Morgan fingerprint density at radius 3 is 2.32 bits per heavy atom. The number of benzene rings is 1. The molecule has 104 valence electrons. The SMILES string of the molecule is CC(C)(C)OC(=O)Nc1ccc(Cl)c(C(=O)O)c1Cl. The summed E-state index contributed by atoms with van der Waals surface area (Å²) in [4.78, 5) is 22.6. The molecule has 1 rings (SSSR count). The number of carboxylic acids is 1. The summed E-state index contributed by atoms with van der Waals surface area (Å²) >= 11 is 11.6. The molecule has 0 bridgehead atoms. The summed E-state index contributed by atoms with van der Waals surface area (Å²) in [5.74, 6) is -1.28. The van der Waals surface area contributed by atoms with Crippen molar-refractivity contribution in [2.24, 2.45) is 0 Å². The standard InChI is InChI=1S/C12H13Cl2NO4/c1-12(2,3)19-11(18)15-7-5-4-6(13)8(9(7)14)10(16)17/h4-5H,1-3H3,(H,15,18)(H,16,17). The molecule has 0 unspecified atom stereocenters. The van der Waals surface area contributed by atoms with Crippen molar-refractivity contribution in [2.45, 2.75) is 26.4 Å². The van der Waals surface area contributed by atoms with Crippen molar-refractivity contribution in [3.05, 3.63) is 27.7 Å². The van der Waals surface area contributed by atoms with Gasteiger partial charge in [0.2, 0.25) is 0 Å². The van der Waals surface area contributed by atoms with Gasteiger partial charge in [-0.2, -0.15) is 0 Å². The number of carbonyl (C=O) groups is 2. The van der Waals surface area contributed by atoms with Gasteiger partial charge < -0.3 is 9.84 Å². The summed E-state index contributed by atoms with van der Waals surface area (Å²) < 4.78 is 5.04. The second kappa shape index (κ2) is 5.67. The van der Waals surface area contributed by atoms with Gasteiger partial charge in [-0.25, -0.2) is 9.59 Å². The topological polar surface area (TPSA) is 75.6 Å². The zero-order valence-electron chi connectivity index (χ0n) is 10.6. The monoisotopic (exact) mass is 305 g/mol. The molecule has 0 saturated carbocycles. The fraction of sp³-hybridized carbons (Fsp3) is 0.333. The van der Waals surface area contributed by atoms with Gasteiger partial charge in [0.05, 0.1) is 21.3 Å². The number of aromatic carboxylic acids is 1. The molecule has 0 atom stereocenters. The molecule has 5 nitrogen and oxygen atoms in total. The molecule has 0 aliphatic carbocycles. The number of anilines is 1. The van der Waals surface area contributed by atoms with E-state index in [1.807, 2.05) is 0 Å². The number of hydrogen-bond acceptors (Lipinski definition) is 3. The van der Waals surface area contributed by atoms with Crippen molar-refractivity contribution in [1.29, 1.82) is 0 Å². The molecule has 1 aromatic carbocycles. The van der Waals surface area contributed by atoms with Crippen LogP contribution in [0.25, 0.3) is 0 Å². The third-order valence-corrected chi connectivity index (χ3v) is 2.65. The Bertz CT molecular complexity index is 523. The van der Waals surface area contributed by atoms with Crippen LogP contribution in [0, 0.1) is 0 Å². The minimum absolute atomic E-state index is 0.00719. The van der Waals surface area contributed by atoms with Crippen molar-refractivity contribution >= 4 is 41.0 Å². The molecule has 7 heteroatoms. The van der Waals surface area contributed by atoms with E-state index in [0.717, 1.165) is 0 Å². The highest BCUT2D eigenvalue weighted by molar-refractivity contribution is 6.41. The Balaban J connectivity index is 3.01. The predicted octanol–water partition coefficient (Wildman–Crippen LogP) is 4.04. The van der Waals surface area contributed by atoms with Gasteiger partial charge in [-0.3, -0.25) is 5.32 Å². The molecule has 1 amide bonds. The molecule has 0 saturated heterocycles. The Morgan fingerprint density at radius 1 is 1.26 bits per heavy atom. The van der Waals surface area contributed by atoms with Gasteiger partial charge in [-0.05, 0) is 32.9 Å². The Kier molecular flexibility index (Phi) is 4.66. The largest absolute Gasteiger partial charge is 0.478 e. The summed E-state index contributed by atoms with van der Waals surface area (Å²) in [6.45, 7) is 5.12. The molecule has 19 heavy (non-hydrogen) atoms. The maximum atomic E-state index is 11.6. The minimum Gasteiger partial charge on any atom is -0.478 e. The maximum absolute atomic E-state index is 11.6. The van der Waals surface area contributed by atoms with Gasteiger partial charge in [0.25, 0.3) is 0 Å². The van der Waals surface area contributed by atoms with Crippen LogP contribution < -0.4 is 5.32 Å². The first-order valence-corrected chi connectivity index (χ1v) is 6.08. The number of rotatable bonds is 2. The van der Waals surface area contributed by atoms with Crippen molar-refractivity contribution in [3.8, 4) is 0 Å². The van der Waals surface area contributed by atoms with Crippen molar-refractivity contribution < 1.29 is 19.4 Å². The van der Waals surface area contributed by atoms with Crippen LogP contribution in [-0.2, 0) is 4.74 Å². The van der Waals surface area contributed by atoms with Gasteiger partial charge in [-0.1, -0.05) is 23.2 Å². The zero-order chi connectivity index (χ0) is 14.8. The first kappa shape index (κ1) is 15.6. The Labute approximate surface area is 120 Å². The molecular weight excluding hydrogens is 293 g/mol. The van der Waals surface area contributed by atoms with E-state index in [-0.39, 0.29) is 21.3 Å². The van der Waals surface area contributed by atoms with Crippen LogP contribution in [0.15, 0.2) is 12.1 Å². The lowest BCUT2D eigenvalue weighted by Gasteiger charge is -2.20. The number of hydrogen-bond donors (Lipinski definition) is 2. The average molecular weight is 306 g/mol. The highest BCUT2D eigenvalue weighted by Crippen LogP contribution is 2.32. The van der Waals surface area contributed by atoms with Gasteiger partial charge in [0.1, 0.15) is 5.60 Å². The molecule has 1 aromatic rings. The van der Waals surface area contributed by atoms with E-state index in [0.29, 0.717) is 0 Å². The van der Waals surface area contributed by atoms with E-state index in [2.05, 4.69) is 5.32 Å². The lowest BCUT2D eigenvalue weighted by molar-refractivity contribution is 0.0633. The predicted molar refractivity (Wildman–Crippen MR) is 73.3 cm³/mol. The van der Waals surface area contributed by atoms with E-state index in [9.17, 15) is 9.59 Å². The number of amides is 1. The first-order chi connectivity index (χ1) is 8.61. The summed E-state index contributed by atoms with van der Waals surface area (Å²) in [7, 11) is 0. The summed E-state index contributed by atoms with van der Waals surface area (Å²) in [6.07, 6.45) is -0.729. The number of ether oxygens (including phenoxy) is 1. The van der Waals surface area contributed by atoms with E-state index >= 15 is 0 Å². The third-order valence-electron chi connectivity index (χ3n) is 1.94. The minimum atomic E-state index is -1.28. The lowest BCUT2D eigenvalue weighted by Crippen LogP contribution is -2.27. The van der Waals surface area contributed by atoms with Crippen LogP contribution in [0.4, 0.5) is 10.5 Å². The molecule has 2 N–H and O–H groups in total. The highest BCUT2D eigenvalue weighted by Gasteiger charge is 2.20. The molecule has 0 aliphatic heterocycles. The second-order valence-electron chi connectivity index (χ2n) is 4.72. The summed E-state index contributed by atoms with van der Waals surface area (Å²) in [5.41, 5.74) is -0.812. The van der Waals surface area contributed by atoms with Crippen molar-refractivity contribution in [2.75, 3.05) is 5.32 Å². The third kappa shape index (κ3) is 4.29. The fourth-order valence-electron chi connectivity index (χ4n) is 1.26. The molecular formula is C12H13Cl2NO4. The Morgan fingerprint density at radius 2 is 1.84 bits per heavy atom. The number of nitrogens with one attached hydrogen (secondary N) is 1. The van der Waals surface area contributed by atoms with E-state index < -0.39 is 17.7 Å². The molecule has 0 heterocycles. The van der Waals surface area contributed by atoms with Crippen molar-refractivity contribution in [3.63, 3.8) is 0 Å². The lowest BCUT2D eigenvalue weighted by atomic mass is 10.2. The van der Waals surface area contributed by atoms with Gasteiger partial charge in [0, 0.05) is 0 Å². The summed E-state index contributed by atoms with van der Waals surface area (Å²) in [5, 5.41) is 11.2. The van der Waals surface area contributed by atoms with Crippen LogP contribution in [0.2, 0.25) is 10.0 Å². The van der Waals surface area contributed by atoms with Crippen LogP contribution in [-0.4, -0.2) is 22.8 Å². The number of carbonyl (C=O) groups excluding carboxylic acids is 1. The maximum Gasteiger partial charge on any atom is 0.412 e. The number of carboxylic acid groups (broad SMARTS) is 1. The van der Waals surface area contributed by atoms with E-state index in [4.69, 9.17) is 33.0 Å². The molecule has 0 aromatic heterocycles. The highest BCUT2D eigenvalue weighted by atomic mass is 35.5. The van der Waals surface area contributed by atoms with Crippen LogP contribution in [0.1, 0.15) is 31.1 Å². The first-order valence-electron chi connectivity index (χ1n) is 5.33. The molecule has 0 spiro atoms. The van der Waals surface area contributed by atoms with Gasteiger partial charge in [-0.15, -0.1) is 0 Å². The zero-order valence-corrected chi connectivity index (χ0v) is 12.1. The second-order valence-corrected chi connectivity index (χ2v) is 5.50. The van der Waals surface area contributed by atoms with E-state index in [1.165, 1.54) is 12.1 Å². The number of halogens is 2. The van der Waals surface area contributed by atoms with Crippen LogP contribution in [0.5, 0.6) is 0 Å². The molecule has 0 fully saturated rings. The van der Waals surface area contributed by atoms with Crippen molar-refractivity contribution in [1.82, 2.24) is 0 Å². The van der Waals surface area contributed by atoms with Gasteiger partial charge >= 0.3 is 12.1 Å². The molecule has 0 radical (unpaired) electrons. The normalized spacial score (nSPS) is 11.0. The Hall–Kier alpha value is -1.46. The smallest absolute Gasteiger partial charge is 0.412 e. The summed E-state index contributed by atoms with van der Waals surface area (Å²) in [6, 6.07) is 2.74. The van der Waals surface area contributed by atoms with Crippen LogP contribution >= 0.6 is 23.2 Å². The van der Waals surface area contributed by atoms with Gasteiger partial charge in [0.15, 0.2) is 0 Å². The quantitative estimate of drug-likeness (QED) is 0.864. The average Bonchev–Trinajstić information content (AvgIpc) is 2.19.